The molecule has 1 saturated heterocycles. The number of H-pyrrole nitrogens is 2. The Kier molecular flexibility index (Phi) is 5.88. The van der Waals surface area contributed by atoms with Crippen LogP contribution < -0.4 is 20.9 Å². The van der Waals surface area contributed by atoms with Gasteiger partial charge in [-0.05, 0) is 42.0 Å². The summed E-state index contributed by atoms with van der Waals surface area (Å²) in [6.07, 6.45) is 1.51. The predicted octanol–water partition coefficient (Wildman–Crippen LogP) is 1.24. The monoisotopic (exact) mass is 512 g/mol. The molecule has 9 nitrogen and oxygen atoms in total. The summed E-state index contributed by atoms with van der Waals surface area (Å²) in [4.78, 5) is 32.9. The summed E-state index contributed by atoms with van der Waals surface area (Å²) in [6.45, 7) is 4.17. The van der Waals surface area contributed by atoms with E-state index >= 15 is 0 Å². The number of quaternary nitrogens is 1. The van der Waals surface area contributed by atoms with Crippen molar-refractivity contribution in [2.24, 2.45) is 5.10 Å². The predicted molar refractivity (Wildman–Crippen MR) is 130 cm³/mol. The van der Waals surface area contributed by atoms with Gasteiger partial charge in [-0.1, -0.05) is 15.9 Å². The fraction of sp³-hybridized carbons (Fsp3) is 0.261. The molecule has 5 rings (SSSR count). The Balaban J connectivity index is 1.50. The Hall–Kier alpha value is -3.21. The van der Waals surface area contributed by atoms with Crippen LogP contribution in [0.4, 0.5) is 0 Å². The highest BCUT2D eigenvalue weighted by Crippen LogP contribution is 2.24. The first kappa shape index (κ1) is 21.6. The maximum atomic E-state index is 13.0. The highest BCUT2D eigenvalue weighted by atomic mass is 79.9. The molecule has 10 heteroatoms. The van der Waals surface area contributed by atoms with E-state index in [-0.39, 0.29) is 0 Å². The normalized spacial score (nSPS) is 15.1. The standard InChI is InChI=1S/C23H22BrN5O4/c1-32-19-5-2-14(10-15(19)13-28-6-8-33-9-7-28)12-25-29-22(30)21-20(27-23(29)31)17-11-16(24)3-4-18(17)26-21/h2-5,10-12,26H,6-9,13H2,1H3,(H,27,31)/p+1/b25-12-. The number of hydrogen-bond acceptors (Lipinski definition) is 5. The van der Waals surface area contributed by atoms with E-state index in [0.29, 0.717) is 11.0 Å². The second-order valence-corrected chi connectivity index (χ2v) is 8.88. The number of rotatable bonds is 5. The first-order valence-corrected chi connectivity index (χ1v) is 11.4. The summed E-state index contributed by atoms with van der Waals surface area (Å²) in [5, 5.41) is 4.95. The van der Waals surface area contributed by atoms with Gasteiger partial charge in [0, 0.05) is 20.9 Å². The van der Waals surface area contributed by atoms with E-state index < -0.39 is 11.2 Å². The number of methoxy groups -OCH3 is 1. The van der Waals surface area contributed by atoms with E-state index in [1.165, 1.54) is 11.1 Å². The van der Waals surface area contributed by atoms with Crippen LogP contribution in [0, 0.1) is 0 Å². The fourth-order valence-electron chi connectivity index (χ4n) is 4.16. The van der Waals surface area contributed by atoms with E-state index in [0.717, 1.165) is 69.8 Å². The highest BCUT2D eigenvalue weighted by molar-refractivity contribution is 9.10. The van der Waals surface area contributed by atoms with Gasteiger partial charge in [-0.3, -0.25) is 4.79 Å². The van der Waals surface area contributed by atoms with Crippen LogP contribution in [0.15, 0.2) is 55.6 Å². The van der Waals surface area contributed by atoms with Gasteiger partial charge in [-0.25, -0.2) is 4.79 Å². The van der Waals surface area contributed by atoms with Crippen molar-refractivity contribution in [1.29, 1.82) is 0 Å². The molecule has 3 N–H and O–H groups in total. The third kappa shape index (κ3) is 4.24. The van der Waals surface area contributed by atoms with E-state index in [1.807, 2.05) is 36.4 Å². The van der Waals surface area contributed by atoms with E-state index in [4.69, 9.17) is 9.47 Å². The summed E-state index contributed by atoms with van der Waals surface area (Å²) in [5.41, 5.74) is 2.22. The van der Waals surface area contributed by atoms with Crippen molar-refractivity contribution < 1.29 is 14.4 Å². The highest BCUT2D eigenvalue weighted by Gasteiger charge is 2.17. The van der Waals surface area contributed by atoms with E-state index in [2.05, 4.69) is 31.0 Å². The zero-order valence-corrected chi connectivity index (χ0v) is 19.6. The van der Waals surface area contributed by atoms with Crippen molar-refractivity contribution in [2.45, 2.75) is 6.54 Å². The van der Waals surface area contributed by atoms with Crippen LogP contribution in [-0.2, 0) is 11.3 Å². The summed E-state index contributed by atoms with van der Waals surface area (Å²) >= 11 is 3.42. The van der Waals surface area contributed by atoms with Crippen molar-refractivity contribution in [3.8, 4) is 5.75 Å². The number of nitrogens with zero attached hydrogens (tertiary/aromatic N) is 2. The minimum absolute atomic E-state index is 0.297. The molecule has 2 aromatic heterocycles. The zero-order chi connectivity index (χ0) is 22.9. The van der Waals surface area contributed by atoms with E-state index in [1.54, 1.807) is 7.11 Å². The van der Waals surface area contributed by atoms with Crippen molar-refractivity contribution in [1.82, 2.24) is 14.6 Å². The number of aromatic amines is 2. The lowest BCUT2D eigenvalue weighted by Crippen LogP contribution is -3.12. The van der Waals surface area contributed by atoms with Crippen molar-refractivity contribution >= 4 is 44.1 Å². The number of fused-ring (bicyclic) bond motifs is 3. The lowest BCUT2D eigenvalue weighted by molar-refractivity contribution is -0.921. The summed E-state index contributed by atoms with van der Waals surface area (Å²) in [6, 6.07) is 11.3. The summed E-state index contributed by atoms with van der Waals surface area (Å²) < 4.78 is 12.7. The molecular weight excluding hydrogens is 490 g/mol. The molecule has 0 radical (unpaired) electrons. The quantitative estimate of drug-likeness (QED) is 0.350. The second kappa shape index (κ2) is 8.97. The van der Waals surface area contributed by atoms with Gasteiger partial charge in [-0.2, -0.15) is 5.10 Å². The minimum atomic E-state index is -0.601. The summed E-state index contributed by atoms with van der Waals surface area (Å²) in [5.74, 6) is 0.798. The van der Waals surface area contributed by atoms with Crippen LogP contribution in [0.3, 0.4) is 0 Å². The molecule has 1 fully saturated rings. The number of halogens is 1. The maximum absolute atomic E-state index is 13.0. The second-order valence-electron chi connectivity index (χ2n) is 7.97. The Labute approximate surface area is 196 Å². The van der Waals surface area contributed by atoms with Crippen LogP contribution in [0.25, 0.3) is 21.9 Å². The maximum Gasteiger partial charge on any atom is 0.350 e. The fourth-order valence-corrected chi connectivity index (χ4v) is 4.53. The number of ether oxygens (including phenoxy) is 2. The number of nitrogens with one attached hydrogen (secondary N) is 3. The molecule has 0 unspecified atom stereocenters. The number of benzene rings is 2. The molecule has 170 valence electrons. The van der Waals surface area contributed by atoms with Gasteiger partial charge in [0.05, 0.1) is 32.1 Å². The van der Waals surface area contributed by atoms with Gasteiger partial charge in [0.25, 0.3) is 0 Å². The average molecular weight is 513 g/mol. The van der Waals surface area contributed by atoms with Gasteiger partial charge in [0.2, 0.25) is 0 Å². The molecule has 1 aliphatic heterocycles. The molecule has 3 heterocycles. The van der Waals surface area contributed by atoms with Crippen LogP contribution >= 0.6 is 15.9 Å². The zero-order valence-electron chi connectivity index (χ0n) is 18.0. The van der Waals surface area contributed by atoms with Gasteiger partial charge < -0.3 is 24.3 Å². The van der Waals surface area contributed by atoms with Crippen molar-refractivity contribution in [3.63, 3.8) is 0 Å². The Morgan fingerprint density at radius 3 is 2.76 bits per heavy atom. The molecule has 4 aromatic rings. The number of aromatic nitrogens is 3. The van der Waals surface area contributed by atoms with Gasteiger partial charge in [-0.15, -0.1) is 4.68 Å². The Morgan fingerprint density at radius 2 is 1.97 bits per heavy atom. The lowest BCUT2D eigenvalue weighted by atomic mass is 10.1. The third-order valence-electron chi connectivity index (χ3n) is 5.86. The molecule has 0 bridgehead atoms. The average Bonchev–Trinajstić information content (AvgIpc) is 3.17. The summed E-state index contributed by atoms with van der Waals surface area (Å²) in [7, 11) is 1.65. The molecule has 0 atom stereocenters. The Morgan fingerprint density at radius 1 is 1.15 bits per heavy atom. The minimum Gasteiger partial charge on any atom is -0.496 e. The topological polar surface area (TPSA) is 106 Å². The number of morpholine rings is 1. The van der Waals surface area contributed by atoms with Gasteiger partial charge in [0.1, 0.15) is 30.9 Å². The SMILES string of the molecule is COc1ccc(/C=N\n2c(=O)[nH]c3c([nH]c4ccc(Br)cc43)c2=O)cc1C[NH+]1CCOCC1. The van der Waals surface area contributed by atoms with Gasteiger partial charge in [0.15, 0.2) is 0 Å². The lowest BCUT2D eigenvalue weighted by Gasteiger charge is -2.24. The first-order valence-electron chi connectivity index (χ1n) is 10.6. The molecule has 0 saturated carbocycles. The first-order chi connectivity index (χ1) is 16.0. The van der Waals surface area contributed by atoms with Crippen LogP contribution in [-0.4, -0.2) is 54.3 Å². The molecule has 0 amide bonds. The van der Waals surface area contributed by atoms with Crippen LogP contribution in [0.5, 0.6) is 5.75 Å². The largest absolute Gasteiger partial charge is 0.496 e. The molecule has 33 heavy (non-hydrogen) atoms. The van der Waals surface area contributed by atoms with Gasteiger partial charge >= 0.3 is 11.2 Å². The molecule has 0 spiro atoms. The van der Waals surface area contributed by atoms with E-state index in [9.17, 15) is 9.59 Å². The van der Waals surface area contributed by atoms with Crippen molar-refractivity contribution in [2.75, 3.05) is 33.4 Å². The third-order valence-corrected chi connectivity index (χ3v) is 6.35. The molecule has 0 aliphatic carbocycles. The molecular formula is C23H23BrN5O4+. The van der Waals surface area contributed by atoms with Crippen LogP contribution in [0.1, 0.15) is 11.1 Å². The van der Waals surface area contributed by atoms with Crippen LogP contribution in [0.2, 0.25) is 0 Å². The molecule has 2 aromatic carbocycles. The number of hydrogen-bond donors (Lipinski definition) is 3. The molecule has 1 aliphatic rings. The smallest absolute Gasteiger partial charge is 0.350 e. The Bertz CT molecular complexity index is 1480. The van der Waals surface area contributed by atoms with Crippen molar-refractivity contribution in [3.05, 3.63) is 72.8 Å².